The number of sulfonamides is 1. The lowest BCUT2D eigenvalue weighted by atomic mass is 9.83. The fourth-order valence-electron chi connectivity index (χ4n) is 2.68. The minimum Gasteiger partial charge on any atom is -0.313 e. The molecule has 0 aromatic heterocycles. The summed E-state index contributed by atoms with van der Waals surface area (Å²) in [6.45, 7) is 6.12. The van der Waals surface area contributed by atoms with Crippen molar-refractivity contribution in [3.63, 3.8) is 0 Å². The molecule has 0 aliphatic heterocycles. The van der Waals surface area contributed by atoms with E-state index in [1.165, 1.54) is 5.56 Å². The molecule has 1 aliphatic rings. The Morgan fingerprint density at radius 1 is 1.14 bits per heavy atom. The first-order valence-electron chi connectivity index (χ1n) is 7.77. The maximum Gasteiger partial charge on any atom is 0.216 e. The second-order valence-electron chi connectivity index (χ2n) is 6.14. The predicted molar refractivity (Wildman–Crippen MR) is 86.4 cm³/mol. The highest BCUT2D eigenvalue weighted by Crippen LogP contribution is 2.27. The van der Waals surface area contributed by atoms with Crippen LogP contribution in [-0.2, 0) is 22.3 Å². The van der Waals surface area contributed by atoms with Crippen molar-refractivity contribution in [2.75, 3.05) is 6.54 Å². The molecule has 0 bridgehead atoms. The van der Waals surface area contributed by atoms with Crippen molar-refractivity contribution in [3.05, 3.63) is 35.4 Å². The fourth-order valence-corrected chi connectivity index (χ4v) is 4.09. The molecule has 21 heavy (non-hydrogen) atoms. The van der Waals surface area contributed by atoms with Gasteiger partial charge in [0.1, 0.15) is 0 Å². The second-order valence-corrected chi connectivity index (χ2v) is 7.90. The van der Waals surface area contributed by atoms with E-state index in [-0.39, 0.29) is 11.8 Å². The lowest BCUT2D eigenvalue weighted by molar-refractivity contribution is 0.270. The number of benzene rings is 1. The van der Waals surface area contributed by atoms with Gasteiger partial charge in [0, 0.05) is 12.6 Å². The molecule has 0 spiro atoms. The van der Waals surface area contributed by atoms with E-state index in [0.717, 1.165) is 37.9 Å². The normalized spacial score (nSPS) is 22.0. The molecule has 5 heteroatoms. The van der Waals surface area contributed by atoms with E-state index in [1.54, 1.807) is 0 Å². The Hall–Kier alpha value is -0.910. The van der Waals surface area contributed by atoms with Crippen LogP contribution in [-0.4, -0.2) is 21.0 Å². The largest absolute Gasteiger partial charge is 0.313 e. The van der Waals surface area contributed by atoms with Crippen molar-refractivity contribution in [3.8, 4) is 0 Å². The highest BCUT2D eigenvalue weighted by Gasteiger charge is 2.28. The summed E-state index contributed by atoms with van der Waals surface area (Å²) in [5, 5.41) is 3.33. The summed E-state index contributed by atoms with van der Waals surface area (Å²) in [6.07, 6.45) is 3.03. The van der Waals surface area contributed by atoms with Crippen molar-refractivity contribution >= 4 is 10.0 Å². The molecule has 0 saturated heterocycles. The summed E-state index contributed by atoms with van der Waals surface area (Å²) in [5.41, 5.74) is 2.03. The third-order valence-electron chi connectivity index (χ3n) is 3.86. The lowest BCUT2D eigenvalue weighted by Crippen LogP contribution is -2.43. The zero-order valence-corrected chi connectivity index (χ0v) is 13.7. The molecular weight excluding hydrogens is 284 g/mol. The molecule has 0 heterocycles. The van der Waals surface area contributed by atoms with E-state index in [4.69, 9.17) is 0 Å². The first-order valence-corrected chi connectivity index (χ1v) is 9.42. The number of hydrogen-bond acceptors (Lipinski definition) is 3. The molecular formula is C16H26N2O2S. The minimum atomic E-state index is -3.22. The first kappa shape index (κ1) is 16.5. The molecule has 0 unspecified atom stereocenters. The van der Waals surface area contributed by atoms with Gasteiger partial charge in [-0.05, 0) is 42.9 Å². The lowest BCUT2D eigenvalue weighted by Gasteiger charge is -2.32. The molecule has 0 amide bonds. The van der Waals surface area contributed by atoms with Crippen molar-refractivity contribution < 1.29 is 8.42 Å². The van der Waals surface area contributed by atoms with Gasteiger partial charge in [-0.2, -0.15) is 0 Å². The van der Waals surface area contributed by atoms with Crippen LogP contribution in [0.25, 0.3) is 0 Å². The van der Waals surface area contributed by atoms with Gasteiger partial charge < -0.3 is 5.32 Å². The standard InChI is InChI=1S/C16H26N2O2S/c1-3-8-17-11-14-4-6-15(7-5-14)12-21(19,20)18-16-9-13(2)10-16/h4-7,13,16-18H,3,8-12H2,1-2H3. The van der Waals surface area contributed by atoms with E-state index in [1.807, 2.05) is 24.3 Å². The topological polar surface area (TPSA) is 58.2 Å². The van der Waals surface area contributed by atoms with Crippen LogP contribution in [0.3, 0.4) is 0 Å². The van der Waals surface area contributed by atoms with Crippen molar-refractivity contribution in [1.29, 1.82) is 0 Å². The molecule has 4 nitrogen and oxygen atoms in total. The summed E-state index contributed by atoms with van der Waals surface area (Å²) < 4.78 is 27.0. The van der Waals surface area contributed by atoms with E-state index in [9.17, 15) is 8.42 Å². The quantitative estimate of drug-likeness (QED) is 0.725. The Morgan fingerprint density at radius 3 is 2.33 bits per heavy atom. The fraction of sp³-hybridized carbons (Fsp3) is 0.625. The van der Waals surface area contributed by atoms with Gasteiger partial charge in [-0.3, -0.25) is 0 Å². The van der Waals surface area contributed by atoms with E-state index < -0.39 is 10.0 Å². The maximum atomic E-state index is 12.1. The average Bonchev–Trinajstić information content (AvgIpc) is 2.39. The predicted octanol–water partition coefficient (Wildman–Crippen LogP) is 2.40. The van der Waals surface area contributed by atoms with E-state index in [2.05, 4.69) is 23.9 Å². The van der Waals surface area contributed by atoms with Crippen LogP contribution in [0.2, 0.25) is 0 Å². The molecule has 0 radical (unpaired) electrons. The highest BCUT2D eigenvalue weighted by atomic mass is 32.2. The van der Waals surface area contributed by atoms with Crippen LogP contribution in [0.5, 0.6) is 0 Å². The van der Waals surface area contributed by atoms with Gasteiger partial charge in [0.05, 0.1) is 5.75 Å². The van der Waals surface area contributed by atoms with Crippen LogP contribution in [0.15, 0.2) is 24.3 Å². The monoisotopic (exact) mass is 310 g/mol. The van der Waals surface area contributed by atoms with Crippen molar-refractivity contribution in [1.82, 2.24) is 10.0 Å². The zero-order valence-electron chi connectivity index (χ0n) is 12.9. The van der Waals surface area contributed by atoms with Crippen LogP contribution >= 0.6 is 0 Å². The van der Waals surface area contributed by atoms with Gasteiger partial charge in [0.15, 0.2) is 0 Å². The van der Waals surface area contributed by atoms with Gasteiger partial charge in [-0.1, -0.05) is 38.1 Å². The van der Waals surface area contributed by atoms with Crippen LogP contribution < -0.4 is 10.0 Å². The minimum absolute atomic E-state index is 0.0700. The molecule has 1 fully saturated rings. The molecule has 1 aromatic rings. The summed E-state index contributed by atoms with van der Waals surface area (Å²) >= 11 is 0. The highest BCUT2D eigenvalue weighted by molar-refractivity contribution is 7.88. The number of hydrogen-bond donors (Lipinski definition) is 2. The molecule has 2 rings (SSSR count). The first-order chi connectivity index (χ1) is 9.98. The Balaban J connectivity index is 1.84. The summed E-state index contributed by atoms with van der Waals surface area (Å²) in [4.78, 5) is 0. The van der Waals surface area contributed by atoms with E-state index >= 15 is 0 Å². The number of rotatable bonds is 8. The summed E-state index contributed by atoms with van der Waals surface area (Å²) in [5.74, 6) is 0.716. The Morgan fingerprint density at radius 2 is 1.76 bits per heavy atom. The smallest absolute Gasteiger partial charge is 0.216 e. The Kier molecular flexibility index (Phi) is 5.79. The van der Waals surface area contributed by atoms with Crippen molar-refractivity contribution in [2.45, 2.75) is 51.4 Å². The third kappa shape index (κ3) is 5.41. The Bertz CT molecular complexity index is 534. The van der Waals surface area contributed by atoms with Crippen molar-refractivity contribution in [2.24, 2.45) is 5.92 Å². The molecule has 1 saturated carbocycles. The summed E-state index contributed by atoms with van der Waals surface area (Å²) in [7, 11) is -3.22. The van der Waals surface area contributed by atoms with Crippen LogP contribution in [0, 0.1) is 5.92 Å². The molecule has 1 aliphatic carbocycles. The third-order valence-corrected chi connectivity index (χ3v) is 5.26. The van der Waals surface area contributed by atoms with Crippen LogP contribution in [0.4, 0.5) is 0 Å². The average molecular weight is 310 g/mol. The summed E-state index contributed by atoms with van der Waals surface area (Å²) in [6, 6.07) is 7.96. The molecule has 1 aromatic carbocycles. The van der Waals surface area contributed by atoms with Gasteiger partial charge in [-0.15, -0.1) is 0 Å². The van der Waals surface area contributed by atoms with E-state index in [0.29, 0.717) is 5.92 Å². The van der Waals surface area contributed by atoms with Gasteiger partial charge in [0.2, 0.25) is 10.0 Å². The zero-order chi connectivity index (χ0) is 15.3. The molecule has 2 N–H and O–H groups in total. The van der Waals surface area contributed by atoms with Gasteiger partial charge in [0.25, 0.3) is 0 Å². The number of nitrogens with one attached hydrogen (secondary N) is 2. The maximum absolute atomic E-state index is 12.1. The Labute approximate surface area is 128 Å². The second kappa shape index (κ2) is 7.38. The molecule has 118 valence electrons. The SMILES string of the molecule is CCCNCc1ccc(CS(=O)(=O)NC2CC(C)C2)cc1. The van der Waals surface area contributed by atoms with Gasteiger partial charge >= 0.3 is 0 Å². The molecule has 0 atom stereocenters. The van der Waals surface area contributed by atoms with Crippen LogP contribution in [0.1, 0.15) is 44.2 Å². The van der Waals surface area contributed by atoms with Gasteiger partial charge in [-0.25, -0.2) is 13.1 Å².